The number of aliphatic hydroxyl groups excluding tert-OH is 1. The third-order valence-corrected chi connectivity index (χ3v) is 8.72. The maximum absolute atomic E-state index is 13.7. The number of ether oxygens (including phenoxy) is 3. The van der Waals surface area contributed by atoms with E-state index >= 15 is 0 Å². The average Bonchev–Trinajstić information content (AvgIpc) is 3.32. The molecule has 238 valence electrons. The number of hydrogen-bond donors (Lipinski definition) is 3. The highest BCUT2D eigenvalue weighted by atomic mass is 16.6. The van der Waals surface area contributed by atoms with E-state index in [1.54, 1.807) is 27.9 Å². The van der Waals surface area contributed by atoms with Crippen LogP contribution in [0.1, 0.15) is 91.5 Å². The second-order valence-corrected chi connectivity index (χ2v) is 13.3. The number of nitrogens with zero attached hydrogens (tertiary/aromatic N) is 1. The number of rotatable bonds is 13. The number of piperidine rings is 1. The second kappa shape index (κ2) is 15.4. The number of carbonyl (C=O) groups is 2. The van der Waals surface area contributed by atoms with E-state index in [9.17, 15) is 19.8 Å². The monoisotopic (exact) mass is 590 g/mol. The van der Waals surface area contributed by atoms with E-state index in [1.165, 1.54) is 0 Å². The van der Waals surface area contributed by atoms with Crippen molar-refractivity contribution in [1.82, 2.24) is 10.2 Å². The smallest absolute Gasteiger partial charge is 0.407 e. The Kier molecular flexibility index (Phi) is 12.5. The van der Waals surface area contributed by atoms with Crippen molar-refractivity contribution < 1.29 is 34.0 Å². The Bertz CT molecular complexity index is 1010. The van der Waals surface area contributed by atoms with Crippen LogP contribution in [0, 0.1) is 17.8 Å². The standard InChI is InChI=1S/C33H54N2O7/c1-7-23(2)22-41-29-15-9-8-14-26(29)33(39,16-10-11-18-40-6)25-13-12-17-35(21-25)30(37)24-19-27(28(36)20-24)34-31(38)42-32(3,4)5/h8-9,14-15,23-25,27-28,36,39H,7,10-13,16-22H2,1-6H3,(H,34,38)/t23?,24-,25?,27+,28-,33-/m0/s1. The highest BCUT2D eigenvalue weighted by Crippen LogP contribution is 2.44. The molecule has 1 saturated carbocycles. The molecule has 1 aliphatic heterocycles. The van der Waals surface area contributed by atoms with Gasteiger partial charge in [0.25, 0.3) is 0 Å². The number of para-hydroxylation sites is 1. The summed E-state index contributed by atoms with van der Waals surface area (Å²) in [5, 5.41) is 25.9. The first kappa shape index (κ1) is 34.1. The van der Waals surface area contributed by atoms with Gasteiger partial charge in [-0.05, 0) is 77.7 Å². The highest BCUT2D eigenvalue weighted by molar-refractivity contribution is 5.80. The topological polar surface area (TPSA) is 118 Å². The maximum Gasteiger partial charge on any atom is 0.407 e. The van der Waals surface area contributed by atoms with Crippen LogP contribution < -0.4 is 10.1 Å². The Hall–Kier alpha value is -2.36. The van der Waals surface area contributed by atoms with Crippen LogP contribution in [0.15, 0.2) is 24.3 Å². The number of unbranched alkanes of at least 4 members (excludes halogenated alkanes) is 1. The Balaban J connectivity index is 1.76. The number of aliphatic hydroxyl groups is 2. The van der Waals surface area contributed by atoms with Crippen LogP contribution in [-0.4, -0.2) is 78.3 Å². The molecular formula is C33H54N2O7. The molecule has 1 aliphatic carbocycles. The molecule has 3 N–H and O–H groups in total. The van der Waals surface area contributed by atoms with Crippen molar-refractivity contribution in [2.75, 3.05) is 33.4 Å². The Labute approximate surface area is 252 Å². The van der Waals surface area contributed by atoms with Crippen molar-refractivity contribution in [2.24, 2.45) is 17.8 Å². The minimum Gasteiger partial charge on any atom is -0.493 e. The zero-order valence-electron chi connectivity index (χ0n) is 26.6. The molecule has 1 aromatic rings. The molecule has 1 saturated heterocycles. The molecule has 0 bridgehead atoms. The number of carbonyl (C=O) groups excluding carboxylic acids is 2. The van der Waals surface area contributed by atoms with Crippen molar-refractivity contribution in [1.29, 1.82) is 0 Å². The van der Waals surface area contributed by atoms with Gasteiger partial charge < -0.3 is 34.6 Å². The summed E-state index contributed by atoms with van der Waals surface area (Å²) in [5.41, 5.74) is -1.04. The van der Waals surface area contributed by atoms with Gasteiger partial charge in [0.2, 0.25) is 5.91 Å². The predicted octanol–water partition coefficient (Wildman–Crippen LogP) is 5.02. The van der Waals surface area contributed by atoms with E-state index in [4.69, 9.17) is 14.2 Å². The van der Waals surface area contributed by atoms with Gasteiger partial charge in [-0.2, -0.15) is 0 Å². The fourth-order valence-electron chi connectivity index (χ4n) is 6.16. The number of likely N-dealkylation sites (tertiary alicyclic amines) is 1. The Morgan fingerprint density at radius 2 is 1.90 bits per heavy atom. The van der Waals surface area contributed by atoms with Crippen LogP contribution in [0.4, 0.5) is 4.79 Å². The molecular weight excluding hydrogens is 536 g/mol. The quantitative estimate of drug-likeness (QED) is 0.276. The highest BCUT2D eigenvalue weighted by Gasteiger charge is 2.45. The summed E-state index contributed by atoms with van der Waals surface area (Å²) in [6.45, 7) is 11.9. The van der Waals surface area contributed by atoms with Gasteiger partial charge in [-0.3, -0.25) is 4.79 Å². The van der Waals surface area contributed by atoms with Gasteiger partial charge in [-0.1, -0.05) is 38.5 Å². The Morgan fingerprint density at radius 1 is 1.17 bits per heavy atom. The molecule has 2 amide bonds. The van der Waals surface area contributed by atoms with Crippen LogP contribution in [0.2, 0.25) is 0 Å². The zero-order chi connectivity index (χ0) is 30.9. The van der Waals surface area contributed by atoms with Gasteiger partial charge in [0.1, 0.15) is 11.4 Å². The molecule has 1 aromatic carbocycles. The Morgan fingerprint density at radius 3 is 2.60 bits per heavy atom. The van der Waals surface area contributed by atoms with Crippen molar-refractivity contribution in [3.05, 3.63) is 29.8 Å². The summed E-state index contributed by atoms with van der Waals surface area (Å²) >= 11 is 0. The van der Waals surface area contributed by atoms with E-state index in [1.807, 2.05) is 29.2 Å². The summed E-state index contributed by atoms with van der Waals surface area (Å²) in [6.07, 6.45) is 3.95. The fraction of sp³-hybridized carbons (Fsp3) is 0.758. The van der Waals surface area contributed by atoms with Gasteiger partial charge in [-0.25, -0.2) is 4.79 Å². The molecule has 2 aliphatic rings. The van der Waals surface area contributed by atoms with Crippen LogP contribution in [0.3, 0.4) is 0 Å². The summed E-state index contributed by atoms with van der Waals surface area (Å²) in [5.74, 6) is 0.486. The molecule has 9 heteroatoms. The lowest BCUT2D eigenvalue weighted by Crippen LogP contribution is -2.49. The number of alkyl carbamates (subject to hydrolysis) is 1. The molecule has 2 unspecified atom stereocenters. The van der Waals surface area contributed by atoms with Gasteiger partial charge in [0, 0.05) is 44.2 Å². The molecule has 3 rings (SSSR count). The van der Waals surface area contributed by atoms with E-state index in [2.05, 4.69) is 19.2 Å². The van der Waals surface area contributed by atoms with Crippen molar-refractivity contribution in [3.8, 4) is 5.75 Å². The summed E-state index contributed by atoms with van der Waals surface area (Å²) < 4.78 is 16.9. The van der Waals surface area contributed by atoms with Crippen molar-refractivity contribution in [3.63, 3.8) is 0 Å². The van der Waals surface area contributed by atoms with Gasteiger partial charge in [-0.15, -0.1) is 0 Å². The number of hydrogen-bond acceptors (Lipinski definition) is 7. The molecule has 9 nitrogen and oxygen atoms in total. The summed E-state index contributed by atoms with van der Waals surface area (Å²) in [6, 6.07) is 7.23. The first-order chi connectivity index (χ1) is 19.9. The lowest BCUT2D eigenvalue weighted by atomic mass is 9.73. The van der Waals surface area contributed by atoms with Crippen molar-refractivity contribution in [2.45, 2.75) is 109 Å². The SMILES string of the molecule is CCC(C)COc1ccccc1[C@](O)(CCCCOC)C1CCCN(C(=O)[C@@H]2C[C@H](O)[C@H](NC(=O)OC(C)(C)C)C2)C1. The molecule has 0 aromatic heterocycles. The van der Waals surface area contributed by atoms with Gasteiger partial charge >= 0.3 is 6.09 Å². The van der Waals surface area contributed by atoms with Crippen LogP contribution in [0.25, 0.3) is 0 Å². The van der Waals surface area contributed by atoms with E-state index in [-0.39, 0.29) is 18.2 Å². The lowest BCUT2D eigenvalue weighted by Gasteiger charge is -2.44. The van der Waals surface area contributed by atoms with Crippen molar-refractivity contribution >= 4 is 12.0 Å². The first-order valence-corrected chi connectivity index (χ1v) is 15.8. The predicted molar refractivity (Wildman–Crippen MR) is 162 cm³/mol. The third-order valence-electron chi connectivity index (χ3n) is 8.72. The van der Waals surface area contributed by atoms with Gasteiger partial charge in [0.05, 0.1) is 24.4 Å². The van der Waals surface area contributed by atoms with E-state index in [0.29, 0.717) is 50.8 Å². The van der Waals surface area contributed by atoms with Crippen LogP contribution >= 0.6 is 0 Å². The average molecular weight is 591 g/mol. The molecule has 2 fully saturated rings. The number of nitrogens with one attached hydrogen (secondary N) is 1. The van der Waals surface area contributed by atoms with E-state index < -0.39 is 35.4 Å². The lowest BCUT2D eigenvalue weighted by molar-refractivity contribution is -0.141. The summed E-state index contributed by atoms with van der Waals surface area (Å²) in [7, 11) is 1.68. The van der Waals surface area contributed by atoms with Gasteiger partial charge in [0.15, 0.2) is 0 Å². The number of methoxy groups -OCH3 is 1. The number of benzene rings is 1. The van der Waals surface area contributed by atoms with E-state index in [0.717, 1.165) is 37.7 Å². The zero-order valence-corrected chi connectivity index (χ0v) is 26.6. The first-order valence-electron chi connectivity index (χ1n) is 15.8. The molecule has 0 radical (unpaired) electrons. The summed E-state index contributed by atoms with van der Waals surface area (Å²) in [4.78, 5) is 27.9. The minimum absolute atomic E-state index is 0.0322. The molecule has 0 spiro atoms. The molecule has 42 heavy (non-hydrogen) atoms. The molecule has 1 heterocycles. The molecule has 6 atom stereocenters. The number of amides is 2. The minimum atomic E-state index is -1.17. The maximum atomic E-state index is 13.7. The fourth-order valence-corrected chi connectivity index (χ4v) is 6.16. The van der Waals surface area contributed by atoms with Crippen LogP contribution in [0.5, 0.6) is 5.75 Å². The van der Waals surface area contributed by atoms with Crippen LogP contribution in [-0.2, 0) is 19.9 Å². The normalized spacial score (nSPS) is 25.0. The third kappa shape index (κ3) is 9.32. The largest absolute Gasteiger partial charge is 0.493 e. The second-order valence-electron chi connectivity index (χ2n) is 13.3.